The minimum absolute atomic E-state index is 0.208. The van der Waals surface area contributed by atoms with E-state index in [9.17, 15) is 9.18 Å². The summed E-state index contributed by atoms with van der Waals surface area (Å²) in [5.74, 6) is 1.49. The zero-order valence-corrected chi connectivity index (χ0v) is 19.5. The van der Waals surface area contributed by atoms with Crippen molar-refractivity contribution in [2.75, 3.05) is 50.6 Å². The maximum absolute atomic E-state index is 13.2. The molecular weight excluding hydrogens is 435 g/mol. The average Bonchev–Trinajstić information content (AvgIpc) is 3.11. The topological polar surface area (TPSA) is 66.9 Å². The van der Waals surface area contributed by atoms with Crippen molar-refractivity contribution in [3.8, 4) is 11.5 Å². The number of amides is 1. The molecule has 3 aromatic rings. The van der Waals surface area contributed by atoms with E-state index < -0.39 is 0 Å². The van der Waals surface area contributed by atoms with Gasteiger partial charge in [0.2, 0.25) is 0 Å². The van der Waals surface area contributed by atoms with Crippen molar-refractivity contribution in [3.63, 3.8) is 0 Å². The van der Waals surface area contributed by atoms with Crippen LogP contribution in [0.5, 0.6) is 11.5 Å². The number of nitrogens with one attached hydrogen (secondary N) is 1. The largest absolute Gasteiger partial charge is 0.493 e. The number of anilines is 2. The summed E-state index contributed by atoms with van der Waals surface area (Å²) in [6, 6.07) is 15.5. The summed E-state index contributed by atoms with van der Waals surface area (Å²) in [5.41, 5.74) is 2.20. The highest BCUT2D eigenvalue weighted by atomic mass is 19.1. The van der Waals surface area contributed by atoms with Crippen LogP contribution in [0.2, 0.25) is 0 Å². The summed E-state index contributed by atoms with van der Waals surface area (Å²) in [6.07, 6.45) is 2.69. The van der Waals surface area contributed by atoms with Crippen molar-refractivity contribution in [1.82, 2.24) is 9.88 Å². The summed E-state index contributed by atoms with van der Waals surface area (Å²) < 4.78 is 23.6. The van der Waals surface area contributed by atoms with Crippen LogP contribution in [0.3, 0.4) is 0 Å². The van der Waals surface area contributed by atoms with E-state index in [1.54, 1.807) is 31.5 Å². The van der Waals surface area contributed by atoms with Crippen molar-refractivity contribution >= 4 is 17.4 Å². The first-order valence-electron chi connectivity index (χ1n) is 11.3. The number of halogens is 1. The molecule has 0 atom stereocenters. The Morgan fingerprint density at radius 2 is 1.76 bits per heavy atom. The monoisotopic (exact) mass is 464 g/mol. The van der Waals surface area contributed by atoms with E-state index >= 15 is 0 Å². The standard InChI is InChI=1S/C26H29FN4O3/c1-33-23-10-6-20(16-24(23)34-2)26(32)29-22-9-11-25(28-17-22)31-13-3-12-30(14-15-31)18-19-4-7-21(27)8-5-19/h4-11,16-17H,3,12-15,18H2,1-2H3,(H,29,32). The SMILES string of the molecule is COc1ccc(C(=O)Nc2ccc(N3CCCN(Cc4ccc(F)cc4)CC3)nc2)cc1OC. The Balaban J connectivity index is 1.34. The summed E-state index contributed by atoms with van der Waals surface area (Å²) in [6.45, 7) is 4.45. The van der Waals surface area contributed by atoms with Crippen LogP contribution < -0.4 is 19.7 Å². The molecule has 0 bridgehead atoms. The molecule has 4 rings (SSSR count). The molecule has 0 unspecified atom stereocenters. The Bertz CT molecular complexity index is 1110. The van der Waals surface area contributed by atoms with Gasteiger partial charge in [-0.25, -0.2) is 9.37 Å². The molecule has 0 spiro atoms. The molecule has 0 saturated carbocycles. The van der Waals surface area contributed by atoms with Crippen LogP contribution in [0, 0.1) is 5.82 Å². The first kappa shape index (κ1) is 23.5. The van der Waals surface area contributed by atoms with Crippen LogP contribution in [0.25, 0.3) is 0 Å². The van der Waals surface area contributed by atoms with E-state index in [2.05, 4.69) is 20.1 Å². The summed E-state index contributed by atoms with van der Waals surface area (Å²) >= 11 is 0. The van der Waals surface area contributed by atoms with Crippen LogP contribution >= 0.6 is 0 Å². The molecular formula is C26H29FN4O3. The Hall–Kier alpha value is -3.65. The van der Waals surface area contributed by atoms with Gasteiger partial charge in [-0.15, -0.1) is 0 Å². The maximum Gasteiger partial charge on any atom is 0.255 e. The van der Waals surface area contributed by atoms with Gasteiger partial charge < -0.3 is 19.7 Å². The maximum atomic E-state index is 13.2. The molecule has 7 nitrogen and oxygen atoms in total. The number of hydrogen-bond acceptors (Lipinski definition) is 6. The molecule has 2 aromatic carbocycles. The van der Waals surface area contributed by atoms with Crippen molar-refractivity contribution in [2.45, 2.75) is 13.0 Å². The van der Waals surface area contributed by atoms with Gasteiger partial charge in [-0.05, 0) is 54.4 Å². The number of hydrogen-bond donors (Lipinski definition) is 1. The van der Waals surface area contributed by atoms with Gasteiger partial charge in [-0.1, -0.05) is 12.1 Å². The average molecular weight is 465 g/mol. The number of rotatable bonds is 7. The minimum atomic E-state index is -0.248. The van der Waals surface area contributed by atoms with Gasteiger partial charge >= 0.3 is 0 Å². The minimum Gasteiger partial charge on any atom is -0.493 e. The summed E-state index contributed by atoms with van der Waals surface area (Å²) in [7, 11) is 3.09. The summed E-state index contributed by atoms with van der Waals surface area (Å²) in [4.78, 5) is 21.9. The quantitative estimate of drug-likeness (QED) is 0.565. The number of methoxy groups -OCH3 is 2. The van der Waals surface area contributed by atoms with Gasteiger partial charge in [0.1, 0.15) is 11.6 Å². The predicted molar refractivity (Wildman–Crippen MR) is 130 cm³/mol. The smallest absolute Gasteiger partial charge is 0.255 e. The lowest BCUT2D eigenvalue weighted by molar-refractivity contribution is 0.102. The van der Waals surface area contributed by atoms with Crippen molar-refractivity contribution < 1.29 is 18.7 Å². The summed E-state index contributed by atoms with van der Waals surface area (Å²) in [5, 5.41) is 2.88. The molecule has 0 radical (unpaired) electrons. The molecule has 0 aliphatic carbocycles. The second-order valence-electron chi connectivity index (χ2n) is 8.17. The van der Waals surface area contributed by atoms with E-state index in [1.807, 2.05) is 24.3 Å². The third kappa shape index (κ3) is 5.82. The third-order valence-corrected chi connectivity index (χ3v) is 5.88. The van der Waals surface area contributed by atoms with E-state index in [1.165, 1.54) is 19.2 Å². The van der Waals surface area contributed by atoms with Crippen molar-refractivity contribution in [1.29, 1.82) is 0 Å². The number of benzene rings is 2. The van der Waals surface area contributed by atoms with E-state index in [0.717, 1.165) is 50.5 Å². The Labute approximate surface area is 199 Å². The normalized spacial score (nSPS) is 14.4. The van der Waals surface area contributed by atoms with Crippen LogP contribution in [0.15, 0.2) is 60.8 Å². The fourth-order valence-corrected chi connectivity index (χ4v) is 4.03. The fourth-order valence-electron chi connectivity index (χ4n) is 4.03. The van der Waals surface area contributed by atoms with Gasteiger partial charge in [-0.3, -0.25) is 9.69 Å². The second kappa shape index (κ2) is 11.0. The Kier molecular flexibility index (Phi) is 7.59. The predicted octanol–water partition coefficient (Wildman–Crippen LogP) is 4.20. The van der Waals surface area contributed by atoms with Gasteiger partial charge in [-0.2, -0.15) is 0 Å². The molecule has 178 valence electrons. The fraction of sp³-hybridized carbons (Fsp3) is 0.308. The lowest BCUT2D eigenvalue weighted by Gasteiger charge is -2.23. The molecule has 1 aliphatic heterocycles. The number of nitrogens with zero attached hydrogens (tertiary/aromatic N) is 3. The lowest BCUT2D eigenvalue weighted by atomic mass is 10.2. The molecule has 1 fully saturated rings. The molecule has 1 aromatic heterocycles. The van der Waals surface area contributed by atoms with Gasteiger partial charge in [0.05, 0.1) is 26.1 Å². The highest BCUT2D eigenvalue weighted by Crippen LogP contribution is 2.28. The first-order valence-corrected chi connectivity index (χ1v) is 11.3. The number of carbonyl (C=O) groups excluding carboxylic acids is 1. The molecule has 8 heteroatoms. The first-order chi connectivity index (χ1) is 16.6. The van der Waals surface area contributed by atoms with E-state index in [-0.39, 0.29) is 11.7 Å². The van der Waals surface area contributed by atoms with Crippen LogP contribution in [-0.4, -0.2) is 56.2 Å². The highest BCUT2D eigenvalue weighted by Gasteiger charge is 2.17. The lowest BCUT2D eigenvalue weighted by Crippen LogP contribution is -2.31. The molecule has 1 saturated heterocycles. The molecule has 1 amide bonds. The van der Waals surface area contributed by atoms with Crippen molar-refractivity contribution in [3.05, 3.63) is 77.7 Å². The number of carbonyl (C=O) groups is 1. The zero-order valence-electron chi connectivity index (χ0n) is 19.5. The van der Waals surface area contributed by atoms with E-state index in [0.29, 0.717) is 22.7 Å². The zero-order chi connectivity index (χ0) is 23.9. The number of aromatic nitrogens is 1. The van der Waals surface area contributed by atoms with Crippen LogP contribution in [0.1, 0.15) is 22.3 Å². The van der Waals surface area contributed by atoms with Gasteiger partial charge in [0, 0.05) is 38.3 Å². The van der Waals surface area contributed by atoms with E-state index in [4.69, 9.17) is 9.47 Å². The number of ether oxygens (including phenoxy) is 2. The van der Waals surface area contributed by atoms with Crippen LogP contribution in [-0.2, 0) is 6.54 Å². The Morgan fingerprint density at radius 1 is 0.971 bits per heavy atom. The van der Waals surface area contributed by atoms with Gasteiger partial charge in [0.15, 0.2) is 11.5 Å². The number of pyridine rings is 1. The van der Waals surface area contributed by atoms with Crippen molar-refractivity contribution in [2.24, 2.45) is 0 Å². The molecule has 34 heavy (non-hydrogen) atoms. The van der Waals surface area contributed by atoms with Crippen LogP contribution in [0.4, 0.5) is 15.9 Å². The molecule has 1 N–H and O–H groups in total. The second-order valence-corrected chi connectivity index (χ2v) is 8.17. The highest BCUT2D eigenvalue weighted by molar-refractivity contribution is 6.04. The third-order valence-electron chi connectivity index (χ3n) is 5.88. The Morgan fingerprint density at radius 3 is 2.47 bits per heavy atom. The molecule has 2 heterocycles. The van der Waals surface area contributed by atoms with Gasteiger partial charge in [0.25, 0.3) is 5.91 Å². The molecule has 1 aliphatic rings.